The highest BCUT2D eigenvalue weighted by atomic mass is 35.5. The van der Waals surface area contributed by atoms with Crippen molar-refractivity contribution in [1.82, 2.24) is 0 Å². The van der Waals surface area contributed by atoms with Crippen molar-refractivity contribution >= 4 is 34.8 Å². The number of phenols is 1. The first-order chi connectivity index (χ1) is 9.38. The van der Waals surface area contributed by atoms with Crippen LogP contribution >= 0.6 is 23.2 Å². The Bertz CT molecular complexity index is 689. The molecule has 0 spiro atoms. The maximum absolute atomic E-state index is 13.0. The van der Waals surface area contributed by atoms with E-state index in [4.69, 9.17) is 23.2 Å². The molecule has 2 aromatic carbocycles. The van der Waals surface area contributed by atoms with Crippen LogP contribution in [0.25, 0.3) is 0 Å². The molecule has 0 aliphatic rings. The van der Waals surface area contributed by atoms with E-state index in [2.05, 4.69) is 5.32 Å². The molecule has 0 radical (unpaired) electrons. The molecule has 0 saturated carbocycles. The van der Waals surface area contributed by atoms with Crippen LogP contribution in [-0.4, -0.2) is 11.0 Å². The molecule has 0 saturated heterocycles. The molecule has 0 aliphatic heterocycles. The van der Waals surface area contributed by atoms with Crippen LogP contribution in [0.5, 0.6) is 5.75 Å². The molecule has 0 bridgehead atoms. The summed E-state index contributed by atoms with van der Waals surface area (Å²) < 4.78 is 13.0. The van der Waals surface area contributed by atoms with Gasteiger partial charge in [-0.3, -0.25) is 4.79 Å². The Kier molecular flexibility index (Phi) is 4.16. The van der Waals surface area contributed by atoms with Crippen LogP contribution in [0.1, 0.15) is 15.9 Å². The van der Waals surface area contributed by atoms with E-state index in [1.807, 2.05) is 0 Å². The molecule has 0 unspecified atom stereocenters. The number of nitrogens with one attached hydrogen (secondary N) is 1. The lowest BCUT2D eigenvalue weighted by Gasteiger charge is -2.10. The second-order valence-electron chi connectivity index (χ2n) is 4.20. The van der Waals surface area contributed by atoms with Crippen LogP contribution < -0.4 is 5.32 Å². The van der Waals surface area contributed by atoms with Gasteiger partial charge in [0.2, 0.25) is 0 Å². The normalized spacial score (nSPS) is 10.4. The maximum Gasteiger partial charge on any atom is 0.256 e. The highest BCUT2D eigenvalue weighted by Gasteiger charge is 2.14. The summed E-state index contributed by atoms with van der Waals surface area (Å²) >= 11 is 11.6. The monoisotopic (exact) mass is 313 g/mol. The number of phenolic OH excluding ortho intramolecular Hbond substituents is 1. The van der Waals surface area contributed by atoms with Gasteiger partial charge in [-0.05, 0) is 42.8 Å². The minimum atomic E-state index is -0.490. The number of benzene rings is 2. The zero-order valence-corrected chi connectivity index (χ0v) is 11.9. The Labute approximate surface area is 124 Å². The minimum Gasteiger partial charge on any atom is -0.504 e. The van der Waals surface area contributed by atoms with Crippen LogP contribution in [0.3, 0.4) is 0 Å². The van der Waals surface area contributed by atoms with Gasteiger partial charge in [0.15, 0.2) is 5.75 Å². The van der Waals surface area contributed by atoms with E-state index in [1.165, 1.54) is 30.3 Å². The average molecular weight is 314 g/mol. The number of carbonyl (C=O) groups excluding carboxylic acids is 1. The lowest BCUT2D eigenvalue weighted by molar-refractivity contribution is 0.102. The summed E-state index contributed by atoms with van der Waals surface area (Å²) in [5.74, 6) is -1.19. The number of aromatic hydroxyl groups is 1. The van der Waals surface area contributed by atoms with Gasteiger partial charge in [-0.15, -0.1) is 0 Å². The molecule has 0 atom stereocenters. The zero-order chi connectivity index (χ0) is 14.9. The fourth-order valence-corrected chi connectivity index (χ4v) is 2.23. The SMILES string of the molecule is Cc1cc(F)ccc1C(=O)Nc1cc(Cl)cc(Cl)c1O. The fourth-order valence-electron chi connectivity index (χ4n) is 1.73. The quantitative estimate of drug-likeness (QED) is 0.807. The van der Waals surface area contributed by atoms with E-state index in [0.29, 0.717) is 11.1 Å². The number of hydrogen-bond acceptors (Lipinski definition) is 2. The molecule has 2 aromatic rings. The fraction of sp³-hybridized carbons (Fsp3) is 0.0714. The molecule has 0 aromatic heterocycles. The number of halogens is 3. The van der Waals surface area contributed by atoms with Crippen molar-refractivity contribution < 1.29 is 14.3 Å². The first-order valence-electron chi connectivity index (χ1n) is 5.64. The Morgan fingerprint density at radius 3 is 2.60 bits per heavy atom. The second kappa shape index (κ2) is 5.69. The largest absolute Gasteiger partial charge is 0.504 e. The standard InChI is InChI=1S/C14H10Cl2FNO2/c1-7-4-9(17)2-3-10(7)14(20)18-12-6-8(15)5-11(16)13(12)19/h2-6,19H,1H3,(H,18,20). The Morgan fingerprint density at radius 1 is 1.25 bits per heavy atom. The van der Waals surface area contributed by atoms with E-state index in [-0.39, 0.29) is 21.5 Å². The van der Waals surface area contributed by atoms with Crippen LogP contribution in [-0.2, 0) is 0 Å². The Hall–Kier alpha value is -1.78. The van der Waals surface area contributed by atoms with Crippen molar-refractivity contribution in [1.29, 1.82) is 0 Å². The molecular weight excluding hydrogens is 304 g/mol. The van der Waals surface area contributed by atoms with Gasteiger partial charge >= 0.3 is 0 Å². The van der Waals surface area contributed by atoms with Crippen molar-refractivity contribution in [2.24, 2.45) is 0 Å². The number of rotatable bonds is 2. The first kappa shape index (κ1) is 14.6. The first-order valence-corrected chi connectivity index (χ1v) is 6.39. The minimum absolute atomic E-state index is 0.0311. The van der Waals surface area contributed by atoms with Crippen molar-refractivity contribution in [2.45, 2.75) is 6.92 Å². The van der Waals surface area contributed by atoms with Crippen molar-refractivity contribution in [2.75, 3.05) is 5.32 Å². The van der Waals surface area contributed by atoms with E-state index < -0.39 is 11.7 Å². The summed E-state index contributed by atoms with van der Waals surface area (Å²) in [6, 6.07) is 6.53. The Morgan fingerprint density at radius 2 is 1.95 bits per heavy atom. The molecule has 6 heteroatoms. The summed E-state index contributed by atoms with van der Waals surface area (Å²) in [7, 11) is 0. The molecule has 0 heterocycles. The molecule has 3 nitrogen and oxygen atoms in total. The number of aryl methyl sites for hydroxylation is 1. The van der Waals surface area contributed by atoms with Crippen LogP contribution in [0.15, 0.2) is 30.3 Å². The van der Waals surface area contributed by atoms with Gasteiger partial charge in [0, 0.05) is 10.6 Å². The Balaban J connectivity index is 2.32. The van der Waals surface area contributed by atoms with E-state index >= 15 is 0 Å². The zero-order valence-electron chi connectivity index (χ0n) is 10.4. The predicted octanol–water partition coefficient (Wildman–Crippen LogP) is 4.40. The number of amides is 1. The smallest absolute Gasteiger partial charge is 0.256 e. The topological polar surface area (TPSA) is 49.3 Å². The molecule has 2 rings (SSSR count). The van der Waals surface area contributed by atoms with Gasteiger partial charge in [-0.25, -0.2) is 4.39 Å². The van der Waals surface area contributed by atoms with Gasteiger partial charge in [0.1, 0.15) is 5.82 Å². The van der Waals surface area contributed by atoms with Crippen molar-refractivity contribution in [3.8, 4) is 5.75 Å². The third kappa shape index (κ3) is 3.03. The molecule has 0 fully saturated rings. The van der Waals surface area contributed by atoms with Crippen molar-refractivity contribution in [3.05, 3.63) is 57.3 Å². The molecule has 1 amide bonds. The van der Waals surface area contributed by atoms with E-state index in [1.54, 1.807) is 6.92 Å². The van der Waals surface area contributed by atoms with Crippen LogP contribution in [0.4, 0.5) is 10.1 Å². The summed E-state index contributed by atoms with van der Waals surface area (Å²) in [5, 5.41) is 12.6. The lowest BCUT2D eigenvalue weighted by atomic mass is 10.1. The second-order valence-corrected chi connectivity index (χ2v) is 5.04. The molecular formula is C14H10Cl2FNO2. The summed E-state index contributed by atoms with van der Waals surface area (Å²) in [5.41, 5.74) is 0.869. The van der Waals surface area contributed by atoms with Crippen LogP contribution in [0.2, 0.25) is 10.0 Å². The van der Waals surface area contributed by atoms with Crippen molar-refractivity contribution in [3.63, 3.8) is 0 Å². The third-order valence-electron chi connectivity index (χ3n) is 2.71. The van der Waals surface area contributed by atoms with Gasteiger partial charge in [0.05, 0.1) is 10.7 Å². The molecule has 2 N–H and O–H groups in total. The lowest BCUT2D eigenvalue weighted by Crippen LogP contribution is -2.13. The molecule has 20 heavy (non-hydrogen) atoms. The average Bonchev–Trinajstić information content (AvgIpc) is 2.35. The van der Waals surface area contributed by atoms with Gasteiger partial charge in [-0.1, -0.05) is 23.2 Å². The van der Waals surface area contributed by atoms with Gasteiger partial charge < -0.3 is 10.4 Å². The summed E-state index contributed by atoms with van der Waals surface area (Å²) in [6.07, 6.45) is 0. The van der Waals surface area contributed by atoms with E-state index in [9.17, 15) is 14.3 Å². The predicted molar refractivity (Wildman–Crippen MR) is 77.2 cm³/mol. The summed E-state index contributed by atoms with van der Waals surface area (Å²) in [4.78, 5) is 12.1. The van der Waals surface area contributed by atoms with Crippen LogP contribution in [0, 0.1) is 12.7 Å². The molecule has 0 aliphatic carbocycles. The number of hydrogen-bond donors (Lipinski definition) is 2. The third-order valence-corrected chi connectivity index (χ3v) is 3.22. The summed E-state index contributed by atoms with van der Waals surface area (Å²) in [6.45, 7) is 1.61. The highest BCUT2D eigenvalue weighted by Crippen LogP contribution is 2.35. The van der Waals surface area contributed by atoms with E-state index in [0.717, 1.165) is 0 Å². The van der Waals surface area contributed by atoms with Gasteiger partial charge in [0.25, 0.3) is 5.91 Å². The van der Waals surface area contributed by atoms with Gasteiger partial charge in [-0.2, -0.15) is 0 Å². The number of anilines is 1. The highest BCUT2D eigenvalue weighted by molar-refractivity contribution is 6.36. The molecule has 104 valence electrons. The maximum atomic E-state index is 13.0. The number of carbonyl (C=O) groups is 1.